The van der Waals surface area contributed by atoms with E-state index >= 15 is 0 Å². The highest BCUT2D eigenvalue weighted by atomic mass is 16.4. The molecule has 11 heteroatoms. The van der Waals surface area contributed by atoms with Gasteiger partial charge in [-0.3, -0.25) is 9.20 Å². The number of aliphatic carboxylic acids is 1. The summed E-state index contributed by atoms with van der Waals surface area (Å²) in [5.74, 6) is 0.510. The Hall–Kier alpha value is -4.20. The van der Waals surface area contributed by atoms with Crippen molar-refractivity contribution in [3.63, 3.8) is 0 Å². The lowest BCUT2D eigenvalue weighted by Crippen LogP contribution is -2.45. The number of imidazole rings is 1. The first-order chi connectivity index (χ1) is 17.4. The first kappa shape index (κ1) is 23.5. The van der Waals surface area contributed by atoms with E-state index in [1.54, 1.807) is 17.2 Å². The van der Waals surface area contributed by atoms with Crippen molar-refractivity contribution in [3.05, 3.63) is 36.2 Å². The number of anilines is 2. The number of aromatic nitrogens is 4. The molecule has 11 nitrogen and oxygen atoms in total. The molecule has 2 aliphatic heterocycles. The topological polar surface area (TPSA) is 140 Å². The highest BCUT2D eigenvalue weighted by Gasteiger charge is 2.32. The average Bonchev–Trinajstić information content (AvgIpc) is 3.52. The van der Waals surface area contributed by atoms with Gasteiger partial charge in [-0.25, -0.2) is 19.7 Å². The van der Waals surface area contributed by atoms with Crippen molar-refractivity contribution < 1.29 is 14.7 Å². The summed E-state index contributed by atoms with van der Waals surface area (Å²) in [5.41, 5.74) is 2.54. The quantitative estimate of drug-likeness (QED) is 0.535. The molecule has 3 aromatic heterocycles. The van der Waals surface area contributed by atoms with E-state index in [4.69, 9.17) is 15.2 Å². The molecule has 2 saturated heterocycles. The molecule has 0 radical (unpaired) electrons. The molecule has 0 unspecified atom stereocenters. The third kappa shape index (κ3) is 4.66. The van der Waals surface area contributed by atoms with Crippen LogP contribution >= 0.6 is 0 Å². The van der Waals surface area contributed by atoms with E-state index in [2.05, 4.69) is 10.3 Å². The second-order valence-corrected chi connectivity index (χ2v) is 9.36. The van der Waals surface area contributed by atoms with Gasteiger partial charge in [-0.05, 0) is 44.2 Å². The number of aryl methyl sites for hydroxylation is 1. The fraction of sp³-hybridized carbons (Fsp3) is 0.440. The SMILES string of the molecule is Cc1ccc2ncc(-c3nc(N[C@@H]4CCCN(C(=O)CC#N)C4)cc(N4CCC[C@H]4C(=O)O)n3)n2c1. The summed E-state index contributed by atoms with van der Waals surface area (Å²) in [6.45, 7) is 3.70. The van der Waals surface area contributed by atoms with Crippen LogP contribution in [0.3, 0.4) is 0 Å². The molecule has 1 amide bonds. The molecule has 0 saturated carbocycles. The number of nitrogens with zero attached hydrogens (tertiary/aromatic N) is 7. The summed E-state index contributed by atoms with van der Waals surface area (Å²) in [6, 6.07) is 6.94. The molecule has 2 fully saturated rings. The molecule has 2 atom stereocenters. The number of hydrogen-bond acceptors (Lipinski definition) is 8. The third-order valence-corrected chi connectivity index (χ3v) is 6.78. The Morgan fingerprint density at radius 2 is 2.06 bits per heavy atom. The van der Waals surface area contributed by atoms with Gasteiger partial charge >= 0.3 is 5.97 Å². The first-order valence-corrected chi connectivity index (χ1v) is 12.2. The lowest BCUT2D eigenvalue weighted by molar-refractivity contribution is -0.138. The number of carboxylic acid groups (broad SMARTS) is 1. The van der Waals surface area contributed by atoms with Crippen molar-refractivity contribution >= 4 is 29.2 Å². The molecule has 0 aliphatic carbocycles. The Labute approximate surface area is 208 Å². The van der Waals surface area contributed by atoms with Gasteiger partial charge in [0, 0.05) is 37.9 Å². The van der Waals surface area contributed by atoms with E-state index in [-0.39, 0.29) is 18.4 Å². The third-order valence-electron chi connectivity index (χ3n) is 6.78. The summed E-state index contributed by atoms with van der Waals surface area (Å²) >= 11 is 0. The number of hydrogen-bond donors (Lipinski definition) is 2. The normalized spacial score (nSPS) is 19.9. The van der Waals surface area contributed by atoms with E-state index in [9.17, 15) is 14.7 Å². The van der Waals surface area contributed by atoms with Crippen LogP contribution in [-0.4, -0.2) is 73.0 Å². The van der Waals surface area contributed by atoms with Crippen LogP contribution in [0.1, 0.15) is 37.7 Å². The van der Waals surface area contributed by atoms with Crippen LogP contribution in [0.25, 0.3) is 17.2 Å². The fourth-order valence-corrected chi connectivity index (χ4v) is 5.03. The molecule has 0 spiro atoms. The highest BCUT2D eigenvalue weighted by Crippen LogP contribution is 2.29. The summed E-state index contributed by atoms with van der Waals surface area (Å²) < 4.78 is 1.93. The van der Waals surface area contributed by atoms with Crippen molar-refractivity contribution in [2.24, 2.45) is 0 Å². The molecule has 186 valence electrons. The summed E-state index contributed by atoms with van der Waals surface area (Å²) in [4.78, 5) is 41.7. The minimum atomic E-state index is -0.869. The fourth-order valence-electron chi connectivity index (χ4n) is 5.03. The van der Waals surface area contributed by atoms with E-state index in [0.29, 0.717) is 49.2 Å². The number of amides is 1. The largest absolute Gasteiger partial charge is 0.480 e. The zero-order chi connectivity index (χ0) is 25.2. The van der Waals surface area contributed by atoms with Gasteiger partial charge in [-0.2, -0.15) is 5.26 Å². The number of pyridine rings is 1. The zero-order valence-electron chi connectivity index (χ0n) is 20.1. The molecular weight excluding hydrogens is 460 g/mol. The molecule has 2 aliphatic rings. The molecule has 3 aromatic rings. The van der Waals surface area contributed by atoms with Crippen LogP contribution in [0.15, 0.2) is 30.6 Å². The van der Waals surface area contributed by atoms with E-state index < -0.39 is 12.0 Å². The standard InChI is InChI=1S/C25H28N8O3/c1-16-6-7-21-27-13-19(33(21)14-16)24-29-20(12-22(30-24)32-11-3-5-18(32)25(35)36)28-17-4-2-10-31(15-17)23(34)8-9-26/h6-7,12-14,17-18H,2-5,8,10-11,15H2,1H3,(H,35,36)(H,28,29,30)/t17-,18+/m1/s1. The molecule has 0 aromatic carbocycles. The zero-order valence-corrected chi connectivity index (χ0v) is 20.1. The minimum absolute atomic E-state index is 0.0460. The van der Waals surface area contributed by atoms with Gasteiger partial charge in [-0.15, -0.1) is 0 Å². The number of rotatable bonds is 6. The van der Waals surface area contributed by atoms with Gasteiger partial charge in [0.15, 0.2) is 5.82 Å². The van der Waals surface area contributed by atoms with Gasteiger partial charge in [0.05, 0.1) is 12.3 Å². The van der Waals surface area contributed by atoms with Crippen LogP contribution in [0.4, 0.5) is 11.6 Å². The second-order valence-electron chi connectivity index (χ2n) is 9.36. The number of fused-ring (bicyclic) bond motifs is 1. The van der Waals surface area contributed by atoms with Crippen molar-refractivity contribution in [2.45, 2.75) is 51.1 Å². The smallest absolute Gasteiger partial charge is 0.326 e. The van der Waals surface area contributed by atoms with E-state index in [1.807, 2.05) is 40.6 Å². The Kier molecular flexibility index (Phi) is 6.41. The Balaban J connectivity index is 1.51. The molecule has 36 heavy (non-hydrogen) atoms. The van der Waals surface area contributed by atoms with Crippen molar-refractivity contribution in [3.8, 4) is 17.6 Å². The van der Waals surface area contributed by atoms with Gasteiger partial charge in [0.25, 0.3) is 0 Å². The molecule has 5 rings (SSSR count). The van der Waals surface area contributed by atoms with Gasteiger partial charge in [0.2, 0.25) is 5.91 Å². The number of piperidine rings is 1. The number of likely N-dealkylation sites (tertiary alicyclic amines) is 1. The molecule has 5 heterocycles. The van der Waals surface area contributed by atoms with E-state index in [0.717, 1.165) is 30.5 Å². The monoisotopic (exact) mass is 488 g/mol. The Morgan fingerprint density at radius 1 is 1.22 bits per heavy atom. The Morgan fingerprint density at radius 3 is 2.86 bits per heavy atom. The van der Waals surface area contributed by atoms with Gasteiger partial charge < -0.3 is 20.2 Å². The van der Waals surface area contributed by atoms with E-state index in [1.165, 1.54) is 0 Å². The number of nitrogens with one attached hydrogen (secondary N) is 1. The number of carboxylic acids is 1. The number of carbonyl (C=O) groups is 2. The molecule has 0 bridgehead atoms. The molecular formula is C25H28N8O3. The number of carbonyl (C=O) groups excluding carboxylic acids is 1. The van der Waals surface area contributed by atoms with Crippen LogP contribution in [0.5, 0.6) is 0 Å². The van der Waals surface area contributed by atoms with Crippen molar-refractivity contribution in [1.82, 2.24) is 24.3 Å². The highest BCUT2D eigenvalue weighted by molar-refractivity contribution is 5.79. The van der Waals surface area contributed by atoms with Crippen LogP contribution in [-0.2, 0) is 9.59 Å². The first-order valence-electron chi connectivity index (χ1n) is 12.2. The summed E-state index contributed by atoms with van der Waals surface area (Å²) in [7, 11) is 0. The van der Waals surface area contributed by atoms with Crippen LogP contribution < -0.4 is 10.2 Å². The van der Waals surface area contributed by atoms with Crippen LogP contribution in [0, 0.1) is 18.3 Å². The maximum absolute atomic E-state index is 12.3. The maximum atomic E-state index is 12.3. The Bertz CT molecular complexity index is 1350. The van der Waals surface area contributed by atoms with Crippen molar-refractivity contribution in [2.75, 3.05) is 29.9 Å². The van der Waals surface area contributed by atoms with Gasteiger partial charge in [0.1, 0.15) is 35.4 Å². The predicted molar refractivity (Wildman–Crippen MR) is 132 cm³/mol. The van der Waals surface area contributed by atoms with Gasteiger partial charge in [-0.1, -0.05) is 6.07 Å². The lowest BCUT2D eigenvalue weighted by atomic mass is 10.1. The molecule has 2 N–H and O–H groups in total. The summed E-state index contributed by atoms with van der Waals surface area (Å²) in [5, 5.41) is 22.1. The van der Waals surface area contributed by atoms with Crippen LogP contribution in [0.2, 0.25) is 0 Å². The minimum Gasteiger partial charge on any atom is -0.480 e. The second kappa shape index (κ2) is 9.81. The average molecular weight is 489 g/mol. The van der Waals surface area contributed by atoms with Crippen molar-refractivity contribution in [1.29, 1.82) is 5.26 Å². The maximum Gasteiger partial charge on any atom is 0.326 e. The number of nitriles is 1. The lowest BCUT2D eigenvalue weighted by Gasteiger charge is -2.33. The predicted octanol–water partition coefficient (Wildman–Crippen LogP) is 2.47. The summed E-state index contributed by atoms with van der Waals surface area (Å²) in [6.07, 6.45) is 6.56.